The van der Waals surface area contributed by atoms with Crippen LogP contribution >= 0.6 is 0 Å². The van der Waals surface area contributed by atoms with Gasteiger partial charge in [0.15, 0.2) is 14.0 Å². The van der Waals surface area contributed by atoms with E-state index in [1.807, 2.05) is 65.2 Å². The number of imidazole rings is 1. The van der Waals surface area contributed by atoms with Gasteiger partial charge in [-0.05, 0) is 67.0 Å². The van der Waals surface area contributed by atoms with Gasteiger partial charge in [0.05, 0.1) is 25.0 Å². The Hall–Kier alpha value is -4.28. The van der Waals surface area contributed by atoms with E-state index in [4.69, 9.17) is 19.0 Å². The maximum absolute atomic E-state index is 6.37. The second kappa shape index (κ2) is 13.2. The third-order valence-electron chi connectivity index (χ3n) is 8.28. The highest BCUT2D eigenvalue weighted by molar-refractivity contribution is 6.74. The van der Waals surface area contributed by atoms with Gasteiger partial charge in [0.2, 0.25) is 0 Å². The number of hydrogen-bond acceptors (Lipinski definition) is 8. The average Bonchev–Trinajstić information content (AvgIpc) is 3.43. The average molecular weight is 611 g/mol. The quantitative estimate of drug-likeness (QED) is 0.145. The first kappa shape index (κ1) is 31.2. The molecule has 0 saturated heterocycles. The van der Waals surface area contributed by atoms with Crippen LogP contribution in [-0.2, 0) is 17.5 Å². The highest BCUT2D eigenvalue weighted by atomic mass is 28.4. The molecule has 0 bridgehead atoms. The summed E-state index contributed by atoms with van der Waals surface area (Å²) in [7, 11) is -0.157. The smallest absolute Gasteiger partial charge is 0.191 e. The molecule has 3 heterocycles. The number of nitrogens with one attached hydrogen (secondary N) is 1. The largest absolute Gasteiger partial charge is 0.497 e. The predicted molar refractivity (Wildman–Crippen MR) is 177 cm³/mol. The van der Waals surface area contributed by atoms with Gasteiger partial charge in [-0.2, -0.15) is 0 Å². The summed E-state index contributed by atoms with van der Waals surface area (Å²) in [6.07, 6.45) is 4.12. The molecule has 10 heteroatoms. The molecule has 0 radical (unpaired) electrons. The van der Waals surface area contributed by atoms with Gasteiger partial charge in [-0.1, -0.05) is 51.1 Å². The summed E-state index contributed by atoms with van der Waals surface area (Å²) in [6, 6.07) is 21.8. The van der Waals surface area contributed by atoms with Gasteiger partial charge < -0.3 is 19.2 Å². The first-order valence-corrected chi connectivity index (χ1v) is 17.9. The zero-order valence-corrected chi connectivity index (χ0v) is 27.7. The molecule has 1 unspecified atom stereocenters. The van der Waals surface area contributed by atoms with Crippen molar-refractivity contribution >= 4 is 19.8 Å². The van der Waals surface area contributed by atoms with Crippen LogP contribution in [0.15, 0.2) is 79.3 Å². The summed E-state index contributed by atoms with van der Waals surface area (Å²) in [5.41, 5.74) is 5.34. The number of ether oxygens (including phenoxy) is 2. The van der Waals surface area contributed by atoms with E-state index >= 15 is 0 Å². The number of benzene rings is 2. The fourth-order valence-corrected chi connectivity index (χ4v) is 5.62. The van der Waals surface area contributed by atoms with Crippen molar-refractivity contribution in [3.05, 3.63) is 96.1 Å². The number of aromatic nitrogens is 5. The van der Waals surface area contributed by atoms with Crippen LogP contribution in [0.25, 0.3) is 17.0 Å². The molecule has 0 amide bonds. The molecule has 2 aromatic carbocycles. The van der Waals surface area contributed by atoms with Crippen molar-refractivity contribution in [2.24, 2.45) is 0 Å². The van der Waals surface area contributed by atoms with E-state index in [2.05, 4.69) is 67.1 Å². The van der Waals surface area contributed by atoms with Gasteiger partial charge in [0.25, 0.3) is 0 Å². The Kier molecular flexibility index (Phi) is 9.31. The minimum Gasteiger partial charge on any atom is -0.497 e. The molecule has 1 atom stereocenters. The van der Waals surface area contributed by atoms with Crippen LogP contribution in [0.1, 0.15) is 50.6 Å². The maximum atomic E-state index is 6.37. The van der Waals surface area contributed by atoms with Crippen molar-refractivity contribution < 1.29 is 13.9 Å². The first-order chi connectivity index (χ1) is 21.0. The molecule has 0 aliphatic heterocycles. The Balaban J connectivity index is 1.29. The minimum atomic E-state index is -1.82. The molecule has 1 N–H and O–H groups in total. The van der Waals surface area contributed by atoms with Gasteiger partial charge in [-0.25, -0.2) is 19.5 Å². The van der Waals surface area contributed by atoms with Crippen LogP contribution in [0.2, 0.25) is 18.1 Å². The number of methoxy groups -OCH3 is 1. The number of rotatable bonds is 12. The van der Waals surface area contributed by atoms with Crippen LogP contribution in [0.5, 0.6) is 11.5 Å². The molecular formula is C34H42N6O3Si. The van der Waals surface area contributed by atoms with E-state index in [0.29, 0.717) is 19.0 Å². The second-order valence-electron chi connectivity index (χ2n) is 12.4. The lowest BCUT2D eigenvalue weighted by Crippen LogP contribution is -2.41. The topological polar surface area (TPSA) is 95.7 Å². The van der Waals surface area contributed by atoms with Crippen LogP contribution < -0.4 is 14.8 Å². The van der Waals surface area contributed by atoms with Crippen molar-refractivity contribution in [1.29, 1.82) is 0 Å². The Morgan fingerprint density at radius 3 is 2.48 bits per heavy atom. The van der Waals surface area contributed by atoms with Crippen LogP contribution in [0.4, 0.5) is 5.82 Å². The molecule has 0 spiro atoms. The monoisotopic (exact) mass is 610 g/mol. The predicted octanol–water partition coefficient (Wildman–Crippen LogP) is 7.51. The van der Waals surface area contributed by atoms with E-state index < -0.39 is 8.32 Å². The Morgan fingerprint density at radius 2 is 1.73 bits per heavy atom. The van der Waals surface area contributed by atoms with Gasteiger partial charge in [0.1, 0.15) is 35.9 Å². The molecule has 0 saturated carbocycles. The fourth-order valence-electron chi connectivity index (χ4n) is 4.58. The van der Waals surface area contributed by atoms with E-state index in [9.17, 15) is 0 Å². The van der Waals surface area contributed by atoms with Gasteiger partial charge >= 0.3 is 0 Å². The van der Waals surface area contributed by atoms with Crippen molar-refractivity contribution in [3.8, 4) is 22.9 Å². The highest BCUT2D eigenvalue weighted by Gasteiger charge is 2.36. The molecule has 3 aromatic heterocycles. The fraction of sp³-hybridized carbons (Fsp3) is 0.353. The molecule has 5 rings (SSSR count). The molecule has 5 aromatic rings. The summed E-state index contributed by atoms with van der Waals surface area (Å²) in [5.74, 6) is 2.36. The lowest BCUT2D eigenvalue weighted by molar-refractivity contribution is 0.290. The van der Waals surface area contributed by atoms with Gasteiger partial charge in [0, 0.05) is 24.3 Å². The number of fused-ring (bicyclic) bond motifs is 1. The zero-order chi connectivity index (χ0) is 31.3. The normalized spacial score (nSPS) is 12.7. The van der Waals surface area contributed by atoms with E-state index in [-0.39, 0.29) is 11.1 Å². The summed E-state index contributed by atoms with van der Waals surface area (Å²) in [4.78, 5) is 13.6. The van der Waals surface area contributed by atoms with Gasteiger partial charge in [-0.3, -0.25) is 0 Å². The van der Waals surface area contributed by atoms with Crippen molar-refractivity contribution in [2.45, 2.75) is 64.9 Å². The number of hydrogen-bond donors (Lipinski definition) is 1. The van der Waals surface area contributed by atoms with E-state index in [1.165, 1.54) is 0 Å². The Labute approximate surface area is 260 Å². The number of anilines is 1. The van der Waals surface area contributed by atoms with Crippen LogP contribution in [0, 0.1) is 0 Å². The molecule has 44 heavy (non-hydrogen) atoms. The highest BCUT2D eigenvalue weighted by Crippen LogP contribution is 2.36. The molecule has 0 aliphatic rings. The van der Waals surface area contributed by atoms with Crippen molar-refractivity contribution in [3.63, 3.8) is 0 Å². The molecule has 0 fully saturated rings. The van der Waals surface area contributed by atoms with Crippen molar-refractivity contribution in [2.75, 3.05) is 19.0 Å². The molecule has 0 aliphatic carbocycles. The number of nitrogens with zero attached hydrogens (tertiary/aromatic N) is 5. The summed E-state index contributed by atoms with van der Waals surface area (Å²) in [6.45, 7) is 14.5. The zero-order valence-electron chi connectivity index (χ0n) is 26.7. The Morgan fingerprint density at radius 1 is 0.955 bits per heavy atom. The summed E-state index contributed by atoms with van der Waals surface area (Å²) >= 11 is 0. The lowest BCUT2D eigenvalue weighted by Gasteiger charge is -2.36. The second-order valence-corrected chi connectivity index (χ2v) is 17.2. The standard InChI is InChI=1S/C34H42N6O3Si/c1-24(28-10-8-9-11-31(28)42-22-25-12-14-27(41-5)15-13-25)38-32-16-17-33-35-21-30(40(33)39-32)29-20-26(36-23-37-29)18-19-43-44(6,7)34(2,3)4/h8-17,20-21,23-24H,18-19,22H2,1-7H3,(H,38,39). The summed E-state index contributed by atoms with van der Waals surface area (Å²) in [5, 5.41) is 8.58. The molecule has 230 valence electrons. The number of para-hydroxylation sites is 1. The third kappa shape index (κ3) is 7.26. The Bertz CT molecular complexity index is 1700. The SMILES string of the molecule is COc1ccc(COc2ccccc2C(C)Nc2ccc3ncc(-c4cc(CCO[Si](C)(C)C(C)(C)C)ncn4)n3n2)cc1. The minimum absolute atomic E-state index is 0.0643. The van der Waals surface area contributed by atoms with Crippen LogP contribution in [-0.4, -0.2) is 46.6 Å². The maximum Gasteiger partial charge on any atom is 0.191 e. The lowest BCUT2D eigenvalue weighted by atomic mass is 10.1. The van der Waals surface area contributed by atoms with Crippen molar-refractivity contribution in [1.82, 2.24) is 24.6 Å². The third-order valence-corrected chi connectivity index (χ3v) is 12.8. The first-order valence-electron chi connectivity index (χ1n) is 15.0. The van der Waals surface area contributed by atoms with E-state index in [0.717, 1.165) is 51.8 Å². The summed E-state index contributed by atoms with van der Waals surface area (Å²) < 4.78 is 19.7. The molecular weight excluding hydrogens is 568 g/mol. The molecule has 9 nitrogen and oxygen atoms in total. The van der Waals surface area contributed by atoms with E-state index in [1.54, 1.807) is 19.6 Å². The van der Waals surface area contributed by atoms with Crippen LogP contribution in [0.3, 0.4) is 0 Å². The van der Waals surface area contributed by atoms with Gasteiger partial charge in [-0.15, -0.1) is 5.10 Å².